The van der Waals surface area contributed by atoms with Crippen LogP contribution in [0.15, 0.2) is 24.3 Å². The first-order valence-corrected chi connectivity index (χ1v) is 11.4. The molecular formula is C24H40N2O4. The van der Waals surface area contributed by atoms with E-state index in [0.717, 1.165) is 19.3 Å². The van der Waals surface area contributed by atoms with E-state index in [0.29, 0.717) is 13.0 Å². The van der Waals surface area contributed by atoms with Gasteiger partial charge in [0, 0.05) is 39.8 Å². The van der Waals surface area contributed by atoms with E-state index >= 15 is 0 Å². The van der Waals surface area contributed by atoms with Crippen LogP contribution in [0, 0.1) is 0 Å². The van der Waals surface area contributed by atoms with Crippen molar-refractivity contribution in [2.75, 3.05) is 6.54 Å². The van der Waals surface area contributed by atoms with Crippen molar-refractivity contribution in [3.05, 3.63) is 24.3 Å². The number of amides is 2. The third kappa shape index (κ3) is 10.6. The second-order valence-corrected chi connectivity index (χ2v) is 8.15. The average molecular weight is 421 g/mol. The highest BCUT2D eigenvalue weighted by Crippen LogP contribution is 2.24. The van der Waals surface area contributed by atoms with Crippen molar-refractivity contribution in [3.8, 4) is 0 Å². The van der Waals surface area contributed by atoms with Crippen molar-refractivity contribution in [3.63, 3.8) is 0 Å². The summed E-state index contributed by atoms with van der Waals surface area (Å²) in [7, 11) is 0. The topological polar surface area (TPSA) is 75.7 Å². The lowest BCUT2D eigenvalue weighted by atomic mass is 9.91. The number of ether oxygens (including phenoxy) is 1. The van der Waals surface area contributed by atoms with Crippen molar-refractivity contribution in [1.29, 1.82) is 0 Å². The molecule has 0 aromatic rings. The van der Waals surface area contributed by atoms with Gasteiger partial charge in [0.15, 0.2) is 0 Å². The number of carbonyl (C=O) groups is 3. The number of carbonyl (C=O) groups excluding carboxylic acids is 3. The second-order valence-electron chi connectivity index (χ2n) is 8.15. The number of nitrogens with zero attached hydrogens (tertiary/aromatic N) is 1. The van der Waals surface area contributed by atoms with Gasteiger partial charge in [-0.1, -0.05) is 56.9 Å². The maximum atomic E-state index is 12.1. The third-order valence-corrected chi connectivity index (χ3v) is 5.42. The molecule has 1 rings (SSSR count). The van der Waals surface area contributed by atoms with Crippen LogP contribution < -0.4 is 5.32 Å². The summed E-state index contributed by atoms with van der Waals surface area (Å²) in [6.07, 6.45) is 17.8. The van der Waals surface area contributed by atoms with Crippen molar-refractivity contribution in [2.45, 2.75) is 104 Å². The fraction of sp³-hybridized carbons (Fsp3) is 0.708. The molecule has 1 aliphatic heterocycles. The predicted octanol–water partition coefficient (Wildman–Crippen LogP) is 4.30. The minimum atomic E-state index is -0.413. The van der Waals surface area contributed by atoms with Gasteiger partial charge in [-0.05, 0) is 25.7 Å². The lowest BCUT2D eigenvalue weighted by Gasteiger charge is -2.43. The maximum absolute atomic E-state index is 12.1. The van der Waals surface area contributed by atoms with Gasteiger partial charge in [0.25, 0.3) is 0 Å². The van der Waals surface area contributed by atoms with E-state index in [1.807, 2.05) is 0 Å². The minimum absolute atomic E-state index is 0.0101. The Labute approximate surface area is 182 Å². The SMILES string of the molecule is CCCCCCC/C=C\C=C\CC[C@@H]1C[C@@H](OC(C)=O)[C@@H](NC(C)=O)CN1C(C)=O. The lowest BCUT2D eigenvalue weighted by molar-refractivity contribution is -0.155. The second kappa shape index (κ2) is 14.8. The quantitative estimate of drug-likeness (QED) is 0.290. The molecule has 1 saturated heterocycles. The molecule has 2 amide bonds. The van der Waals surface area contributed by atoms with Crippen LogP contribution in [0.2, 0.25) is 0 Å². The molecule has 170 valence electrons. The summed E-state index contributed by atoms with van der Waals surface area (Å²) < 4.78 is 5.45. The lowest BCUT2D eigenvalue weighted by Crippen LogP contribution is -2.60. The summed E-state index contributed by atoms with van der Waals surface area (Å²) in [4.78, 5) is 36.9. The summed E-state index contributed by atoms with van der Waals surface area (Å²) >= 11 is 0. The average Bonchev–Trinajstić information content (AvgIpc) is 2.66. The number of rotatable bonds is 12. The van der Waals surface area contributed by atoms with Gasteiger partial charge in [-0.3, -0.25) is 14.4 Å². The van der Waals surface area contributed by atoms with Crippen molar-refractivity contribution in [1.82, 2.24) is 10.2 Å². The first-order chi connectivity index (χ1) is 14.3. The molecule has 1 N–H and O–H groups in total. The van der Waals surface area contributed by atoms with E-state index < -0.39 is 6.10 Å². The Balaban J connectivity index is 2.52. The highest BCUT2D eigenvalue weighted by Gasteiger charge is 2.38. The van der Waals surface area contributed by atoms with E-state index in [4.69, 9.17) is 4.74 Å². The maximum Gasteiger partial charge on any atom is 0.302 e. The van der Waals surface area contributed by atoms with Crippen LogP contribution in [0.4, 0.5) is 0 Å². The number of esters is 1. The molecule has 0 aromatic heterocycles. The molecule has 3 atom stereocenters. The highest BCUT2D eigenvalue weighted by molar-refractivity contribution is 5.75. The smallest absolute Gasteiger partial charge is 0.302 e. The number of hydrogen-bond donors (Lipinski definition) is 1. The largest absolute Gasteiger partial charge is 0.460 e. The van der Waals surface area contributed by atoms with Gasteiger partial charge in [0.05, 0.1) is 6.04 Å². The van der Waals surface area contributed by atoms with Gasteiger partial charge < -0.3 is 15.0 Å². The van der Waals surface area contributed by atoms with Crippen LogP contribution in [0.5, 0.6) is 0 Å². The first kappa shape index (κ1) is 25.9. The number of piperidine rings is 1. The Morgan fingerprint density at radius 3 is 2.27 bits per heavy atom. The zero-order valence-electron chi connectivity index (χ0n) is 19.2. The fourth-order valence-electron chi connectivity index (χ4n) is 3.94. The first-order valence-electron chi connectivity index (χ1n) is 11.4. The number of likely N-dealkylation sites (tertiary alicyclic amines) is 1. The molecule has 0 unspecified atom stereocenters. The molecule has 1 heterocycles. The Bertz CT molecular complexity index is 600. The monoisotopic (exact) mass is 420 g/mol. The van der Waals surface area contributed by atoms with Crippen LogP contribution in [0.1, 0.15) is 85.5 Å². The van der Waals surface area contributed by atoms with Gasteiger partial charge in [0.2, 0.25) is 11.8 Å². The molecule has 1 aliphatic rings. The molecule has 0 spiro atoms. The van der Waals surface area contributed by atoms with Gasteiger partial charge in [-0.2, -0.15) is 0 Å². The molecule has 0 radical (unpaired) electrons. The minimum Gasteiger partial charge on any atom is -0.460 e. The zero-order chi connectivity index (χ0) is 22.4. The van der Waals surface area contributed by atoms with Crippen molar-refractivity contribution in [2.24, 2.45) is 0 Å². The molecule has 0 bridgehead atoms. The van der Waals surface area contributed by atoms with Crippen LogP contribution in [0.3, 0.4) is 0 Å². The Hall–Kier alpha value is -2.11. The third-order valence-electron chi connectivity index (χ3n) is 5.42. The van der Waals surface area contributed by atoms with E-state index in [1.165, 1.54) is 46.0 Å². The zero-order valence-corrected chi connectivity index (χ0v) is 19.2. The van der Waals surface area contributed by atoms with Crippen LogP contribution in [-0.2, 0) is 19.1 Å². The number of hydrogen-bond acceptors (Lipinski definition) is 4. The summed E-state index contributed by atoms with van der Waals surface area (Å²) in [5.74, 6) is -0.590. The summed E-state index contributed by atoms with van der Waals surface area (Å²) in [6.45, 7) is 6.93. The van der Waals surface area contributed by atoms with Crippen LogP contribution in [-0.4, -0.2) is 47.4 Å². The van der Waals surface area contributed by atoms with E-state index in [-0.39, 0.29) is 29.9 Å². The standard InChI is InChI=1S/C24H40N2O4/c1-5-6-7-8-9-10-11-12-13-14-15-16-22-17-24(30-21(4)29)23(25-19(2)27)18-26(22)20(3)28/h11-14,22-24H,5-10,15-18H2,1-4H3,(H,25,27)/b12-11-,14-13+/t22-,23+,24-/m1/s1. The number of allylic oxidation sites excluding steroid dienone is 4. The summed E-state index contributed by atoms with van der Waals surface area (Å²) in [6, 6.07) is -0.383. The molecule has 0 saturated carbocycles. The summed E-state index contributed by atoms with van der Waals surface area (Å²) in [5, 5.41) is 2.82. The molecule has 6 heteroatoms. The van der Waals surface area contributed by atoms with Gasteiger partial charge in [-0.25, -0.2) is 0 Å². The molecule has 6 nitrogen and oxygen atoms in total. The van der Waals surface area contributed by atoms with Crippen LogP contribution >= 0.6 is 0 Å². The molecular weight excluding hydrogens is 380 g/mol. The van der Waals surface area contributed by atoms with E-state index in [2.05, 4.69) is 36.5 Å². The fourth-order valence-corrected chi connectivity index (χ4v) is 3.94. The molecule has 0 aromatic carbocycles. The van der Waals surface area contributed by atoms with Crippen molar-refractivity contribution >= 4 is 17.8 Å². The van der Waals surface area contributed by atoms with Gasteiger partial charge in [-0.15, -0.1) is 0 Å². The molecule has 0 aliphatic carbocycles. The predicted molar refractivity (Wildman–Crippen MR) is 120 cm³/mol. The Kier molecular flexibility index (Phi) is 12.8. The van der Waals surface area contributed by atoms with Crippen molar-refractivity contribution < 1.29 is 19.1 Å². The highest BCUT2D eigenvalue weighted by atomic mass is 16.5. The number of nitrogens with one attached hydrogen (secondary N) is 1. The van der Waals surface area contributed by atoms with E-state index in [1.54, 1.807) is 11.8 Å². The molecule has 1 fully saturated rings. The van der Waals surface area contributed by atoms with Crippen LogP contribution in [0.25, 0.3) is 0 Å². The Morgan fingerprint density at radius 1 is 1.00 bits per heavy atom. The normalized spacial score (nSPS) is 21.9. The number of unbranched alkanes of at least 4 members (excludes halogenated alkanes) is 5. The van der Waals surface area contributed by atoms with E-state index in [9.17, 15) is 14.4 Å². The Morgan fingerprint density at radius 2 is 1.67 bits per heavy atom. The van der Waals surface area contributed by atoms with Gasteiger partial charge in [0.1, 0.15) is 6.10 Å². The van der Waals surface area contributed by atoms with Gasteiger partial charge >= 0.3 is 5.97 Å². The summed E-state index contributed by atoms with van der Waals surface area (Å²) in [5.41, 5.74) is 0. The molecule has 30 heavy (non-hydrogen) atoms.